The number of carbonyl (C=O) groups excluding carboxylic acids is 1. The van der Waals surface area contributed by atoms with E-state index in [0.717, 1.165) is 22.2 Å². The van der Waals surface area contributed by atoms with Gasteiger partial charge in [0.1, 0.15) is 5.75 Å². The quantitative estimate of drug-likeness (QED) is 0.880. The predicted octanol–water partition coefficient (Wildman–Crippen LogP) is 1.02. The molecule has 1 saturated heterocycles. The lowest BCUT2D eigenvalue weighted by Crippen LogP contribution is -2.36. The average Bonchev–Trinajstić information content (AvgIpc) is 3.01. The number of nitrogens with one attached hydrogen (secondary N) is 2. The van der Waals surface area contributed by atoms with Gasteiger partial charge in [-0.05, 0) is 24.1 Å². The Morgan fingerprint density at radius 3 is 2.95 bits per heavy atom. The van der Waals surface area contributed by atoms with Gasteiger partial charge in [0.15, 0.2) is 9.84 Å². The van der Waals surface area contributed by atoms with Gasteiger partial charge in [-0.15, -0.1) is 0 Å². The van der Waals surface area contributed by atoms with Gasteiger partial charge >= 0.3 is 0 Å². The van der Waals surface area contributed by atoms with Crippen molar-refractivity contribution >= 4 is 26.6 Å². The molecule has 2 N–H and O–H groups in total. The molecule has 1 aliphatic rings. The van der Waals surface area contributed by atoms with Crippen LogP contribution >= 0.6 is 0 Å². The molecular weight excluding hydrogens is 304 g/mol. The summed E-state index contributed by atoms with van der Waals surface area (Å²) < 4.78 is 28.0. The van der Waals surface area contributed by atoms with Gasteiger partial charge in [-0.25, -0.2) is 8.42 Å². The second-order valence-electron chi connectivity index (χ2n) is 5.57. The van der Waals surface area contributed by atoms with Crippen molar-refractivity contribution in [1.82, 2.24) is 10.3 Å². The highest BCUT2D eigenvalue weighted by atomic mass is 32.2. The zero-order valence-electron chi connectivity index (χ0n) is 12.3. The number of rotatable bonds is 4. The number of aromatic nitrogens is 1. The average molecular weight is 322 g/mol. The van der Waals surface area contributed by atoms with Gasteiger partial charge in [0, 0.05) is 29.2 Å². The van der Waals surface area contributed by atoms with Crippen LogP contribution in [0, 0.1) is 0 Å². The zero-order chi connectivity index (χ0) is 15.7. The highest BCUT2D eigenvalue weighted by Crippen LogP contribution is 2.23. The molecule has 1 atom stereocenters. The van der Waals surface area contributed by atoms with E-state index in [4.69, 9.17) is 4.74 Å². The number of aromatic amines is 1. The molecule has 3 rings (SSSR count). The van der Waals surface area contributed by atoms with Crippen LogP contribution in [0.25, 0.3) is 10.9 Å². The van der Waals surface area contributed by atoms with E-state index in [1.807, 2.05) is 18.2 Å². The lowest BCUT2D eigenvalue weighted by molar-refractivity contribution is -0.120. The van der Waals surface area contributed by atoms with E-state index < -0.39 is 9.84 Å². The molecule has 0 saturated carbocycles. The first-order valence-corrected chi connectivity index (χ1v) is 8.93. The number of amides is 1. The Morgan fingerprint density at radius 1 is 1.45 bits per heavy atom. The van der Waals surface area contributed by atoms with Gasteiger partial charge in [0.05, 0.1) is 25.0 Å². The van der Waals surface area contributed by atoms with Gasteiger partial charge < -0.3 is 15.0 Å². The van der Waals surface area contributed by atoms with Crippen LogP contribution in [0.1, 0.15) is 12.0 Å². The number of carbonyl (C=O) groups is 1. The van der Waals surface area contributed by atoms with Crippen molar-refractivity contribution in [2.45, 2.75) is 18.9 Å². The van der Waals surface area contributed by atoms with Crippen molar-refractivity contribution in [3.05, 3.63) is 30.0 Å². The summed E-state index contributed by atoms with van der Waals surface area (Å²) >= 11 is 0. The first-order chi connectivity index (χ1) is 10.5. The van der Waals surface area contributed by atoms with Crippen molar-refractivity contribution < 1.29 is 17.9 Å². The Kier molecular flexibility index (Phi) is 3.82. The SMILES string of the molecule is COc1ccc2c(CC(=O)NC3CCS(=O)(=O)C3)c[nH]c2c1. The molecule has 22 heavy (non-hydrogen) atoms. The lowest BCUT2D eigenvalue weighted by Gasteiger charge is -2.10. The summed E-state index contributed by atoms with van der Waals surface area (Å²) in [5.74, 6) is 0.801. The number of hydrogen-bond donors (Lipinski definition) is 2. The van der Waals surface area contributed by atoms with E-state index in [1.54, 1.807) is 13.3 Å². The van der Waals surface area contributed by atoms with Crippen LogP contribution < -0.4 is 10.1 Å². The normalized spacial score (nSPS) is 20.1. The number of hydrogen-bond acceptors (Lipinski definition) is 4. The lowest BCUT2D eigenvalue weighted by atomic mass is 10.1. The first kappa shape index (κ1) is 14.9. The molecule has 1 aromatic carbocycles. The molecule has 1 fully saturated rings. The minimum atomic E-state index is -2.98. The summed E-state index contributed by atoms with van der Waals surface area (Å²) in [6, 6.07) is 5.37. The summed E-state index contributed by atoms with van der Waals surface area (Å²) in [6.45, 7) is 0. The largest absolute Gasteiger partial charge is 0.497 e. The third-order valence-electron chi connectivity index (χ3n) is 3.92. The molecule has 1 unspecified atom stereocenters. The van der Waals surface area contributed by atoms with Gasteiger partial charge in [-0.2, -0.15) is 0 Å². The maximum Gasteiger partial charge on any atom is 0.224 e. The summed E-state index contributed by atoms with van der Waals surface area (Å²) in [5.41, 5.74) is 1.79. The topological polar surface area (TPSA) is 88.3 Å². The second-order valence-corrected chi connectivity index (χ2v) is 7.80. The minimum absolute atomic E-state index is 0.0455. The van der Waals surface area contributed by atoms with Crippen molar-refractivity contribution in [1.29, 1.82) is 0 Å². The molecular formula is C15H18N2O4S. The molecule has 1 amide bonds. The van der Waals surface area contributed by atoms with Crippen LogP contribution in [-0.4, -0.2) is 44.0 Å². The van der Waals surface area contributed by atoms with Crippen LogP contribution in [0.2, 0.25) is 0 Å². The van der Waals surface area contributed by atoms with E-state index in [9.17, 15) is 13.2 Å². The fourth-order valence-electron chi connectivity index (χ4n) is 2.80. The van der Waals surface area contributed by atoms with Crippen molar-refractivity contribution in [3.8, 4) is 5.75 Å². The Bertz CT molecular complexity index is 810. The Morgan fingerprint density at radius 2 is 2.27 bits per heavy atom. The molecule has 0 radical (unpaired) electrons. The fraction of sp³-hybridized carbons (Fsp3) is 0.400. The van der Waals surface area contributed by atoms with Crippen molar-refractivity contribution in [2.75, 3.05) is 18.6 Å². The van der Waals surface area contributed by atoms with Gasteiger partial charge in [0.2, 0.25) is 5.91 Å². The van der Waals surface area contributed by atoms with Crippen molar-refractivity contribution in [3.63, 3.8) is 0 Å². The molecule has 2 aromatic rings. The van der Waals surface area contributed by atoms with Crippen LogP contribution in [0.15, 0.2) is 24.4 Å². The van der Waals surface area contributed by atoms with Crippen LogP contribution in [0.4, 0.5) is 0 Å². The third-order valence-corrected chi connectivity index (χ3v) is 5.69. The van der Waals surface area contributed by atoms with E-state index in [1.165, 1.54) is 0 Å². The van der Waals surface area contributed by atoms with E-state index in [2.05, 4.69) is 10.3 Å². The number of H-pyrrole nitrogens is 1. The molecule has 7 heteroatoms. The summed E-state index contributed by atoms with van der Waals surface area (Å²) in [5, 5.41) is 3.77. The first-order valence-electron chi connectivity index (χ1n) is 7.10. The number of benzene rings is 1. The molecule has 0 bridgehead atoms. The Balaban J connectivity index is 1.69. The number of fused-ring (bicyclic) bond motifs is 1. The smallest absolute Gasteiger partial charge is 0.224 e. The van der Waals surface area contributed by atoms with Crippen LogP contribution in [-0.2, 0) is 21.1 Å². The molecule has 0 aliphatic carbocycles. The summed E-state index contributed by atoms with van der Waals surface area (Å²) in [4.78, 5) is 15.2. The molecule has 1 aliphatic heterocycles. The maximum atomic E-state index is 12.1. The zero-order valence-corrected chi connectivity index (χ0v) is 13.1. The molecule has 1 aromatic heterocycles. The van der Waals surface area contributed by atoms with E-state index >= 15 is 0 Å². The second kappa shape index (κ2) is 5.64. The highest BCUT2D eigenvalue weighted by Gasteiger charge is 2.28. The molecule has 118 valence electrons. The Labute approximate surface area is 128 Å². The van der Waals surface area contributed by atoms with E-state index in [0.29, 0.717) is 6.42 Å². The van der Waals surface area contributed by atoms with Gasteiger partial charge in [0.25, 0.3) is 0 Å². The van der Waals surface area contributed by atoms with Gasteiger partial charge in [-0.1, -0.05) is 0 Å². The number of sulfone groups is 1. The van der Waals surface area contributed by atoms with E-state index in [-0.39, 0.29) is 29.9 Å². The molecule has 0 spiro atoms. The standard InChI is InChI=1S/C15H18N2O4S/c1-21-12-2-3-13-10(8-16-14(13)7-12)6-15(18)17-11-4-5-22(19,20)9-11/h2-3,7-8,11,16H,4-6,9H2,1H3,(H,17,18). The maximum absolute atomic E-state index is 12.1. The number of ether oxygens (including phenoxy) is 1. The van der Waals surface area contributed by atoms with Crippen LogP contribution in [0.3, 0.4) is 0 Å². The monoisotopic (exact) mass is 322 g/mol. The summed E-state index contributed by atoms with van der Waals surface area (Å²) in [7, 11) is -1.37. The Hall–Kier alpha value is -2.02. The van der Waals surface area contributed by atoms with Gasteiger partial charge in [-0.3, -0.25) is 4.79 Å². The number of methoxy groups -OCH3 is 1. The fourth-order valence-corrected chi connectivity index (χ4v) is 4.47. The molecule has 6 nitrogen and oxygen atoms in total. The van der Waals surface area contributed by atoms with Crippen molar-refractivity contribution in [2.24, 2.45) is 0 Å². The third kappa shape index (κ3) is 3.09. The predicted molar refractivity (Wildman–Crippen MR) is 83.8 cm³/mol. The van der Waals surface area contributed by atoms with Crippen LogP contribution in [0.5, 0.6) is 5.75 Å². The highest BCUT2D eigenvalue weighted by molar-refractivity contribution is 7.91. The minimum Gasteiger partial charge on any atom is -0.497 e. The summed E-state index contributed by atoms with van der Waals surface area (Å²) in [6.07, 6.45) is 2.52. The molecule has 2 heterocycles.